The summed E-state index contributed by atoms with van der Waals surface area (Å²) >= 11 is 0. The number of hydrogen-bond acceptors (Lipinski definition) is 7. The van der Waals surface area contributed by atoms with Gasteiger partial charge in [-0.3, -0.25) is 9.59 Å². The normalized spacial score (nSPS) is 12.7. The highest BCUT2D eigenvalue weighted by molar-refractivity contribution is 5.71. The number of hydrogen-bond donors (Lipinski definition) is 1. The summed E-state index contributed by atoms with van der Waals surface area (Å²) in [7, 11) is 5.99. The summed E-state index contributed by atoms with van der Waals surface area (Å²) in [6.45, 7) is 4.95. The minimum absolute atomic E-state index is 0.174. The van der Waals surface area contributed by atoms with Crippen molar-refractivity contribution in [1.82, 2.24) is 0 Å². The maximum atomic E-state index is 12.9. The van der Waals surface area contributed by atoms with Crippen LogP contribution in [0.25, 0.3) is 0 Å². The van der Waals surface area contributed by atoms with E-state index < -0.39 is 18.4 Å². The lowest BCUT2D eigenvalue weighted by Gasteiger charge is -2.25. The first-order chi connectivity index (χ1) is 35.6. The summed E-state index contributed by atoms with van der Waals surface area (Å²) < 4.78 is 23.0. The fourth-order valence-corrected chi connectivity index (χ4v) is 9.60. The molecule has 0 aromatic rings. The third-order valence-corrected chi connectivity index (χ3v) is 14.5. The zero-order valence-corrected chi connectivity index (χ0v) is 49.3. The number of carboxylic acid groups (broad SMARTS) is 1. The molecule has 0 aliphatic carbocycles. The topological polar surface area (TPSA) is 108 Å². The first-order valence-electron chi connectivity index (χ1n) is 31.9. The molecule has 432 valence electrons. The lowest BCUT2D eigenvalue weighted by Crippen LogP contribution is -2.40. The van der Waals surface area contributed by atoms with Crippen LogP contribution < -0.4 is 0 Å². The highest BCUT2D eigenvalue weighted by atomic mass is 16.7. The number of ether oxygens (including phenoxy) is 4. The van der Waals surface area contributed by atoms with E-state index in [2.05, 4.69) is 26.0 Å². The zero-order valence-electron chi connectivity index (χ0n) is 49.3. The Labute approximate surface area is 453 Å². The van der Waals surface area contributed by atoms with Gasteiger partial charge < -0.3 is 28.5 Å². The SMILES string of the molecule is CCCCCCCCCC/C=C\CCCCCCCCCCCCCCCC(=O)OC(COC(=O)CCCCCCCCCCCCCCCCCCCCCCCCC)COC(OCC[N+](C)(C)C)C(=O)O. The second kappa shape index (κ2) is 56.2. The number of rotatable bonds is 60. The average Bonchev–Trinajstić information content (AvgIpc) is 3.36. The number of carbonyl (C=O) groups is 3. The summed E-state index contributed by atoms with van der Waals surface area (Å²) in [5.41, 5.74) is 0. The first kappa shape index (κ1) is 71.0. The maximum absolute atomic E-state index is 12.9. The molecule has 9 nitrogen and oxygen atoms in total. The molecule has 0 aliphatic heterocycles. The van der Waals surface area contributed by atoms with Gasteiger partial charge in [0.25, 0.3) is 6.29 Å². The van der Waals surface area contributed by atoms with Crippen LogP contribution in [0.15, 0.2) is 12.2 Å². The van der Waals surface area contributed by atoms with E-state index in [9.17, 15) is 19.5 Å². The van der Waals surface area contributed by atoms with Crippen molar-refractivity contribution in [2.45, 2.75) is 334 Å². The number of unbranched alkanes of at least 4 members (excludes halogenated alkanes) is 43. The van der Waals surface area contributed by atoms with Crippen molar-refractivity contribution in [2.24, 2.45) is 0 Å². The summed E-state index contributed by atoms with van der Waals surface area (Å²) in [6.07, 6.45) is 63.0. The van der Waals surface area contributed by atoms with E-state index in [-0.39, 0.29) is 38.2 Å². The van der Waals surface area contributed by atoms with Crippen LogP contribution in [0, 0.1) is 0 Å². The maximum Gasteiger partial charge on any atom is 0.361 e. The summed E-state index contributed by atoms with van der Waals surface area (Å²) in [5.74, 6) is -1.98. The summed E-state index contributed by atoms with van der Waals surface area (Å²) in [6, 6.07) is 0. The van der Waals surface area contributed by atoms with Crippen molar-refractivity contribution in [3.8, 4) is 0 Å². The van der Waals surface area contributed by atoms with Gasteiger partial charge in [-0.1, -0.05) is 283 Å². The Kier molecular flexibility index (Phi) is 54.7. The number of carbonyl (C=O) groups excluding carboxylic acids is 2. The van der Waals surface area contributed by atoms with Gasteiger partial charge in [0.2, 0.25) is 0 Å². The number of likely N-dealkylation sites (N-methyl/N-ethyl adjacent to an activating group) is 1. The molecule has 9 heteroatoms. The second-order valence-corrected chi connectivity index (χ2v) is 23.1. The highest BCUT2D eigenvalue weighted by Gasteiger charge is 2.25. The van der Waals surface area contributed by atoms with Crippen LogP contribution in [0.5, 0.6) is 0 Å². The Hall–Kier alpha value is -1.97. The van der Waals surface area contributed by atoms with E-state index in [1.165, 1.54) is 257 Å². The molecule has 1 N–H and O–H groups in total. The van der Waals surface area contributed by atoms with Gasteiger partial charge in [0.1, 0.15) is 13.2 Å². The van der Waals surface area contributed by atoms with Gasteiger partial charge in [0.15, 0.2) is 6.10 Å². The Morgan fingerprint density at radius 2 is 0.699 bits per heavy atom. The fraction of sp³-hybridized carbons (Fsp3) is 0.922. The van der Waals surface area contributed by atoms with Crippen LogP contribution in [0.2, 0.25) is 0 Å². The third-order valence-electron chi connectivity index (χ3n) is 14.5. The summed E-state index contributed by atoms with van der Waals surface area (Å²) in [4.78, 5) is 37.5. The molecule has 2 unspecified atom stereocenters. The molecule has 0 saturated heterocycles. The van der Waals surface area contributed by atoms with Crippen LogP contribution in [0.4, 0.5) is 0 Å². The van der Waals surface area contributed by atoms with Crippen LogP contribution in [0.1, 0.15) is 322 Å². The van der Waals surface area contributed by atoms with Crippen LogP contribution in [-0.4, -0.2) is 87.4 Å². The number of allylic oxidation sites excluding steroid dienone is 2. The monoisotopic (exact) mass is 1030 g/mol. The second-order valence-electron chi connectivity index (χ2n) is 23.1. The minimum atomic E-state index is -1.51. The van der Waals surface area contributed by atoms with Crippen molar-refractivity contribution in [3.05, 3.63) is 12.2 Å². The lowest BCUT2D eigenvalue weighted by atomic mass is 10.0. The van der Waals surface area contributed by atoms with Gasteiger partial charge in [0, 0.05) is 12.8 Å². The zero-order chi connectivity index (χ0) is 53.4. The van der Waals surface area contributed by atoms with E-state index in [0.717, 1.165) is 38.5 Å². The molecule has 0 saturated carbocycles. The molecule has 0 radical (unpaired) electrons. The predicted octanol–water partition coefficient (Wildman–Crippen LogP) is 18.9. The summed E-state index contributed by atoms with van der Waals surface area (Å²) in [5, 5.41) is 9.72. The van der Waals surface area contributed by atoms with Gasteiger partial charge >= 0.3 is 17.9 Å². The van der Waals surface area contributed by atoms with Gasteiger partial charge in [-0.05, 0) is 38.5 Å². The molecule has 0 spiro atoms. The standard InChI is InChI=1S/C64H123NO8/c1-6-8-10-12-14-16-18-20-22-24-26-28-30-31-33-35-37-39-41-43-45-47-49-51-53-55-62(67)73-60(59-72-64(63(68)69)70-57-56-65(3,4)5)58-71-61(66)54-52-50-48-46-44-42-40-38-36-34-32-29-27-25-23-21-19-17-15-13-11-9-7-2/h24,26,60,64H,6-23,25,27-59H2,1-5H3/p+1/b26-24-. The van der Waals surface area contributed by atoms with Crippen molar-refractivity contribution in [1.29, 1.82) is 0 Å². The molecule has 73 heavy (non-hydrogen) atoms. The molecule has 2 atom stereocenters. The lowest BCUT2D eigenvalue weighted by molar-refractivity contribution is -0.870. The fourth-order valence-electron chi connectivity index (χ4n) is 9.60. The minimum Gasteiger partial charge on any atom is -0.477 e. The third kappa shape index (κ3) is 57.6. The molecule has 0 rings (SSSR count). The number of esters is 2. The van der Waals surface area contributed by atoms with Crippen molar-refractivity contribution in [3.63, 3.8) is 0 Å². The van der Waals surface area contributed by atoms with Gasteiger partial charge in [0.05, 0.1) is 34.4 Å². The quantitative estimate of drug-likeness (QED) is 0.0211. The molecular formula is C64H124NO8+. The van der Waals surface area contributed by atoms with E-state index in [1.807, 2.05) is 21.1 Å². The van der Waals surface area contributed by atoms with E-state index in [4.69, 9.17) is 18.9 Å². The molecule has 0 amide bonds. The van der Waals surface area contributed by atoms with Crippen LogP contribution in [-0.2, 0) is 33.3 Å². The van der Waals surface area contributed by atoms with Crippen LogP contribution in [0.3, 0.4) is 0 Å². The molecule has 0 aromatic carbocycles. The molecule has 0 bridgehead atoms. The van der Waals surface area contributed by atoms with Gasteiger partial charge in [-0.25, -0.2) is 4.79 Å². The van der Waals surface area contributed by atoms with Gasteiger partial charge in [-0.15, -0.1) is 0 Å². The smallest absolute Gasteiger partial charge is 0.361 e. The Morgan fingerprint density at radius 1 is 0.397 bits per heavy atom. The van der Waals surface area contributed by atoms with E-state index in [1.54, 1.807) is 0 Å². The Balaban J connectivity index is 4.14. The average molecular weight is 1040 g/mol. The highest BCUT2D eigenvalue weighted by Crippen LogP contribution is 2.18. The molecule has 0 aliphatic rings. The molecule has 0 aromatic heterocycles. The van der Waals surface area contributed by atoms with Crippen molar-refractivity contribution in [2.75, 3.05) is 47.5 Å². The first-order valence-corrected chi connectivity index (χ1v) is 31.9. The van der Waals surface area contributed by atoms with Crippen LogP contribution >= 0.6 is 0 Å². The number of aliphatic carboxylic acids is 1. The predicted molar refractivity (Wildman–Crippen MR) is 309 cm³/mol. The Bertz CT molecular complexity index is 1200. The van der Waals surface area contributed by atoms with Crippen molar-refractivity contribution < 1.29 is 42.9 Å². The largest absolute Gasteiger partial charge is 0.477 e. The van der Waals surface area contributed by atoms with Gasteiger partial charge in [-0.2, -0.15) is 0 Å². The molecular weight excluding hydrogens is 911 g/mol. The number of nitrogens with zero attached hydrogens (tertiary/aromatic N) is 1. The van der Waals surface area contributed by atoms with E-state index in [0.29, 0.717) is 17.4 Å². The Morgan fingerprint density at radius 3 is 1.01 bits per heavy atom. The van der Waals surface area contributed by atoms with E-state index >= 15 is 0 Å². The number of quaternary nitrogens is 1. The van der Waals surface area contributed by atoms with Crippen molar-refractivity contribution >= 4 is 17.9 Å². The molecule has 0 heterocycles. The number of carboxylic acids is 1. The molecule has 0 fully saturated rings.